The molecule has 2 aromatic carbocycles. The predicted octanol–water partition coefficient (Wildman–Crippen LogP) is 5.01. The van der Waals surface area contributed by atoms with Gasteiger partial charge in [-0.1, -0.05) is 29.3 Å². The summed E-state index contributed by atoms with van der Waals surface area (Å²) in [5, 5.41) is 1.19. The molecule has 1 aliphatic rings. The molecule has 4 heteroatoms. The van der Waals surface area contributed by atoms with E-state index >= 15 is 0 Å². The molecule has 0 saturated carbocycles. The number of ether oxygens (including phenoxy) is 1. The number of carbonyl (C=O) groups is 1. The predicted molar refractivity (Wildman–Crippen MR) is 84.6 cm³/mol. The van der Waals surface area contributed by atoms with E-state index in [0.29, 0.717) is 23.1 Å². The number of carbonyl (C=O) groups excluding carboxylic acids is 1. The van der Waals surface area contributed by atoms with Crippen LogP contribution in [0.15, 0.2) is 30.3 Å². The summed E-state index contributed by atoms with van der Waals surface area (Å²) in [5.74, 6) is 0.994. The van der Waals surface area contributed by atoms with Crippen LogP contribution < -0.4 is 4.74 Å². The van der Waals surface area contributed by atoms with Crippen molar-refractivity contribution in [2.75, 3.05) is 0 Å². The third kappa shape index (κ3) is 2.78. The van der Waals surface area contributed by atoms with Gasteiger partial charge in [-0.3, -0.25) is 4.79 Å². The van der Waals surface area contributed by atoms with Crippen LogP contribution >= 0.6 is 23.2 Å². The Labute approximate surface area is 133 Å². The standard InChI is InChI=1S/C17H14Cl2O2/c1-10-7-12-11(5-6-16(12)20)8-17(10)21-9-13-14(18)3-2-4-15(13)19/h2-4,7-8H,5-6,9H2,1H3. The number of Topliss-reactive ketones (excluding diaryl/α,β-unsaturated/α-hetero) is 1. The van der Waals surface area contributed by atoms with E-state index in [1.807, 2.05) is 19.1 Å². The number of benzene rings is 2. The van der Waals surface area contributed by atoms with Gasteiger partial charge in [-0.2, -0.15) is 0 Å². The van der Waals surface area contributed by atoms with Crippen molar-refractivity contribution in [3.05, 3.63) is 62.6 Å². The van der Waals surface area contributed by atoms with Gasteiger partial charge in [-0.25, -0.2) is 0 Å². The first-order valence-corrected chi connectivity index (χ1v) is 7.54. The minimum absolute atomic E-state index is 0.216. The molecule has 0 radical (unpaired) electrons. The Hall–Kier alpha value is -1.51. The molecule has 0 atom stereocenters. The highest BCUT2D eigenvalue weighted by Gasteiger charge is 2.21. The Balaban J connectivity index is 1.85. The van der Waals surface area contributed by atoms with E-state index in [-0.39, 0.29) is 5.78 Å². The van der Waals surface area contributed by atoms with Crippen molar-refractivity contribution in [2.24, 2.45) is 0 Å². The summed E-state index contributed by atoms with van der Waals surface area (Å²) < 4.78 is 5.86. The lowest BCUT2D eigenvalue weighted by Gasteiger charge is -2.13. The molecule has 0 fully saturated rings. The molecule has 0 heterocycles. The largest absolute Gasteiger partial charge is 0.489 e. The molecule has 21 heavy (non-hydrogen) atoms. The molecule has 2 aromatic rings. The quantitative estimate of drug-likeness (QED) is 0.794. The van der Waals surface area contributed by atoms with Crippen molar-refractivity contribution < 1.29 is 9.53 Å². The Morgan fingerprint density at radius 1 is 1.14 bits per heavy atom. The summed E-state index contributed by atoms with van der Waals surface area (Å²) in [6, 6.07) is 9.26. The summed E-state index contributed by atoms with van der Waals surface area (Å²) >= 11 is 12.3. The first-order chi connectivity index (χ1) is 10.1. The van der Waals surface area contributed by atoms with Crippen LogP contribution in [0.4, 0.5) is 0 Å². The average Bonchev–Trinajstić information content (AvgIpc) is 2.79. The van der Waals surface area contributed by atoms with Gasteiger partial charge < -0.3 is 4.74 Å². The fraction of sp³-hybridized carbons (Fsp3) is 0.235. The van der Waals surface area contributed by atoms with Gasteiger partial charge in [0.25, 0.3) is 0 Å². The van der Waals surface area contributed by atoms with Crippen molar-refractivity contribution in [3.8, 4) is 5.75 Å². The molecule has 0 spiro atoms. The van der Waals surface area contributed by atoms with Gasteiger partial charge in [0.15, 0.2) is 5.78 Å². The molecule has 1 aliphatic carbocycles. The minimum Gasteiger partial charge on any atom is -0.489 e. The van der Waals surface area contributed by atoms with Crippen LogP contribution in [0.3, 0.4) is 0 Å². The molecule has 0 amide bonds. The molecule has 0 N–H and O–H groups in total. The molecule has 2 nitrogen and oxygen atoms in total. The van der Waals surface area contributed by atoms with Gasteiger partial charge in [0, 0.05) is 27.6 Å². The van der Waals surface area contributed by atoms with E-state index in [0.717, 1.165) is 34.4 Å². The molecule has 108 valence electrons. The third-order valence-corrected chi connectivity index (χ3v) is 4.46. The van der Waals surface area contributed by atoms with E-state index in [1.165, 1.54) is 0 Å². The number of rotatable bonds is 3. The lowest BCUT2D eigenvalue weighted by atomic mass is 10.1. The van der Waals surface area contributed by atoms with Crippen molar-refractivity contribution in [1.29, 1.82) is 0 Å². The fourth-order valence-electron chi connectivity index (χ4n) is 2.56. The molecule has 0 saturated heterocycles. The highest BCUT2D eigenvalue weighted by molar-refractivity contribution is 6.35. The maximum Gasteiger partial charge on any atom is 0.163 e. The molecule has 0 unspecified atom stereocenters. The topological polar surface area (TPSA) is 26.3 Å². The van der Waals surface area contributed by atoms with Crippen LogP contribution in [0.5, 0.6) is 5.75 Å². The highest BCUT2D eigenvalue weighted by Crippen LogP contribution is 2.31. The zero-order valence-corrected chi connectivity index (χ0v) is 13.1. The summed E-state index contributed by atoms with van der Waals surface area (Å²) in [7, 11) is 0. The summed E-state index contributed by atoms with van der Waals surface area (Å²) in [5.41, 5.74) is 3.62. The van der Waals surface area contributed by atoms with E-state index in [2.05, 4.69) is 0 Å². The lowest BCUT2D eigenvalue weighted by Crippen LogP contribution is -2.00. The Morgan fingerprint density at radius 3 is 2.57 bits per heavy atom. The molecule has 3 rings (SSSR count). The van der Waals surface area contributed by atoms with Crippen LogP contribution in [0, 0.1) is 6.92 Å². The Bertz CT molecular complexity index is 703. The zero-order chi connectivity index (χ0) is 15.0. The molecule has 0 aliphatic heterocycles. The average molecular weight is 321 g/mol. The monoisotopic (exact) mass is 320 g/mol. The van der Waals surface area contributed by atoms with Crippen molar-refractivity contribution in [1.82, 2.24) is 0 Å². The Kier molecular flexibility index (Phi) is 3.92. The maximum absolute atomic E-state index is 11.7. The first-order valence-electron chi connectivity index (χ1n) is 6.78. The van der Waals surface area contributed by atoms with Crippen LogP contribution in [-0.2, 0) is 13.0 Å². The number of aryl methyl sites for hydroxylation is 2. The highest BCUT2D eigenvalue weighted by atomic mass is 35.5. The normalized spacial score (nSPS) is 13.4. The van der Waals surface area contributed by atoms with Crippen molar-refractivity contribution >= 4 is 29.0 Å². The second-order valence-electron chi connectivity index (χ2n) is 5.19. The van der Waals surface area contributed by atoms with Gasteiger partial charge in [-0.15, -0.1) is 0 Å². The number of hydrogen-bond donors (Lipinski definition) is 0. The summed E-state index contributed by atoms with van der Waals surface area (Å²) in [4.78, 5) is 11.7. The van der Waals surface area contributed by atoms with Crippen LogP contribution in [0.1, 0.15) is 33.5 Å². The molecular weight excluding hydrogens is 307 g/mol. The number of ketones is 1. The zero-order valence-electron chi connectivity index (χ0n) is 11.6. The smallest absolute Gasteiger partial charge is 0.163 e. The van der Waals surface area contributed by atoms with Gasteiger partial charge in [0.2, 0.25) is 0 Å². The van der Waals surface area contributed by atoms with Gasteiger partial charge in [-0.05, 0) is 48.7 Å². The SMILES string of the molecule is Cc1cc2c(cc1OCc1c(Cl)cccc1Cl)CCC2=O. The van der Waals surface area contributed by atoms with Crippen LogP contribution in [0.25, 0.3) is 0 Å². The lowest BCUT2D eigenvalue weighted by molar-refractivity contribution is 0.0994. The maximum atomic E-state index is 11.7. The van der Waals surface area contributed by atoms with Gasteiger partial charge in [0.1, 0.15) is 12.4 Å². The van der Waals surface area contributed by atoms with Gasteiger partial charge in [0.05, 0.1) is 0 Å². The van der Waals surface area contributed by atoms with E-state index in [1.54, 1.807) is 18.2 Å². The van der Waals surface area contributed by atoms with Crippen LogP contribution in [0.2, 0.25) is 10.0 Å². The molecular formula is C17H14Cl2O2. The summed E-state index contributed by atoms with van der Waals surface area (Å²) in [6.45, 7) is 2.25. The Morgan fingerprint density at radius 2 is 1.86 bits per heavy atom. The van der Waals surface area contributed by atoms with Gasteiger partial charge >= 0.3 is 0 Å². The van der Waals surface area contributed by atoms with Crippen LogP contribution in [-0.4, -0.2) is 5.78 Å². The molecule has 0 bridgehead atoms. The second kappa shape index (κ2) is 5.70. The molecule has 0 aromatic heterocycles. The number of hydrogen-bond acceptors (Lipinski definition) is 2. The number of fused-ring (bicyclic) bond motifs is 1. The fourth-order valence-corrected chi connectivity index (χ4v) is 3.06. The van der Waals surface area contributed by atoms with Crippen molar-refractivity contribution in [3.63, 3.8) is 0 Å². The van der Waals surface area contributed by atoms with Crippen molar-refractivity contribution in [2.45, 2.75) is 26.4 Å². The second-order valence-corrected chi connectivity index (χ2v) is 6.00. The first kappa shape index (κ1) is 14.4. The van der Waals surface area contributed by atoms with E-state index in [9.17, 15) is 4.79 Å². The van der Waals surface area contributed by atoms with E-state index < -0.39 is 0 Å². The third-order valence-electron chi connectivity index (χ3n) is 3.76. The summed E-state index contributed by atoms with van der Waals surface area (Å²) in [6.07, 6.45) is 1.38. The number of halogens is 2. The van der Waals surface area contributed by atoms with E-state index in [4.69, 9.17) is 27.9 Å². The minimum atomic E-state index is 0.216.